The molecule has 11 heteroatoms. The van der Waals surface area contributed by atoms with Crippen LogP contribution in [-0.2, 0) is 6.61 Å². The lowest BCUT2D eigenvalue weighted by atomic mass is 10.1. The fraction of sp³-hybridized carbons (Fsp3) is 0.100. The van der Waals surface area contributed by atoms with Gasteiger partial charge in [-0.2, -0.15) is 0 Å². The van der Waals surface area contributed by atoms with Gasteiger partial charge in [0, 0.05) is 5.56 Å². The largest absolute Gasteiger partial charge is 0.493 e. The normalized spacial score (nSPS) is 10.9. The molecule has 0 atom stereocenters. The number of H-pyrrole nitrogens is 2. The molecule has 9 nitrogen and oxygen atoms in total. The van der Waals surface area contributed by atoms with E-state index in [4.69, 9.17) is 9.47 Å². The molecule has 31 heavy (non-hydrogen) atoms. The summed E-state index contributed by atoms with van der Waals surface area (Å²) >= 11 is 2.02. The van der Waals surface area contributed by atoms with Gasteiger partial charge in [-0.15, -0.1) is 0 Å². The molecule has 0 amide bonds. The molecule has 2 aromatic carbocycles. The van der Waals surface area contributed by atoms with Gasteiger partial charge >= 0.3 is 16.9 Å². The number of nitrogens with zero attached hydrogens (tertiary/aromatic N) is 1. The molecule has 0 saturated carbocycles. The molecule has 0 fully saturated rings. The average molecular weight is 539 g/mol. The molecule has 0 aliphatic carbocycles. The van der Waals surface area contributed by atoms with Crippen molar-refractivity contribution in [2.45, 2.75) is 6.61 Å². The van der Waals surface area contributed by atoms with Crippen LogP contribution in [0.2, 0.25) is 0 Å². The van der Waals surface area contributed by atoms with E-state index in [9.17, 15) is 24.1 Å². The molecule has 3 aromatic rings. The number of ether oxygens (including phenoxy) is 2. The number of aromatic nitrogens is 2. The molecule has 1 aromatic heterocycles. The Morgan fingerprint density at radius 1 is 1.19 bits per heavy atom. The fourth-order valence-corrected chi connectivity index (χ4v) is 3.50. The number of methoxy groups -OCH3 is 1. The van der Waals surface area contributed by atoms with Crippen LogP contribution < -0.4 is 20.7 Å². The van der Waals surface area contributed by atoms with Gasteiger partial charge in [0.2, 0.25) is 0 Å². The molecule has 160 valence electrons. The Balaban J connectivity index is 1.92. The van der Waals surface area contributed by atoms with E-state index >= 15 is 0 Å². The predicted octanol–water partition coefficient (Wildman–Crippen LogP) is 3.47. The molecule has 0 radical (unpaired) electrons. The summed E-state index contributed by atoms with van der Waals surface area (Å²) in [5.41, 5.74) is -2.03. The maximum Gasteiger partial charge on any atom is 0.357 e. The van der Waals surface area contributed by atoms with Gasteiger partial charge in [0.15, 0.2) is 11.5 Å². The Hall–Kier alpha value is -3.48. The number of nitro groups is 1. The third-order valence-corrected chi connectivity index (χ3v) is 4.95. The van der Waals surface area contributed by atoms with Crippen LogP contribution >= 0.6 is 22.6 Å². The minimum Gasteiger partial charge on any atom is -0.493 e. The summed E-state index contributed by atoms with van der Waals surface area (Å²) in [6.07, 6.45) is 2.72. The number of hydrogen-bond donors (Lipinski definition) is 2. The van der Waals surface area contributed by atoms with Crippen LogP contribution in [0.4, 0.5) is 10.1 Å². The van der Waals surface area contributed by atoms with Crippen molar-refractivity contribution < 1.29 is 18.8 Å². The Morgan fingerprint density at radius 2 is 1.94 bits per heavy atom. The standard InChI is InChI=1S/C20H15FIN3O6/c1-30-16-9-11(6-7-15-17(25(28)29)19(26)24-20(27)23-15)8-14(22)18(16)31-10-12-4-2-3-5-13(12)21/h2-9H,10H2,1H3,(H2,23,24,26,27)/b7-6-. The summed E-state index contributed by atoms with van der Waals surface area (Å²) in [5.74, 6) is 0.375. The zero-order valence-electron chi connectivity index (χ0n) is 16.0. The van der Waals surface area contributed by atoms with Crippen LogP contribution in [0.5, 0.6) is 11.5 Å². The number of hydrogen-bond acceptors (Lipinski definition) is 6. The molecule has 3 rings (SSSR count). The number of rotatable bonds is 7. The van der Waals surface area contributed by atoms with Crippen LogP contribution in [-0.4, -0.2) is 22.0 Å². The molecule has 0 unspecified atom stereocenters. The maximum atomic E-state index is 13.8. The molecule has 0 bridgehead atoms. The lowest BCUT2D eigenvalue weighted by Gasteiger charge is -2.14. The third-order valence-electron chi connectivity index (χ3n) is 4.15. The smallest absolute Gasteiger partial charge is 0.357 e. The van der Waals surface area contributed by atoms with Crippen LogP contribution in [0.1, 0.15) is 16.8 Å². The number of nitrogens with one attached hydrogen (secondary N) is 2. The highest BCUT2D eigenvalue weighted by Gasteiger charge is 2.19. The number of aromatic amines is 2. The first-order valence-corrected chi connectivity index (χ1v) is 9.81. The van der Waals surface area contributed by atoms with E-state index in [1.807, 2.05) is 27.6 Å². The van der Waals surface area contributed by atoms with Gasteiger partial charge in [-0.25, -0.2) is 9.18 Å². The summed E-state index contributed by atoms with van der Waals surface area (Å²) in [4.78, 5) is 37.5. The minimum absolute atomic E-state index is 0.00551. The SMILES string of the molecule is COc1cc(/C=C\c2[nH]c(=O)[nH]c(=O)c2[N+](=O)[O-])cc(I)c1OCc1ccccc1F. The summed E-state index contributed by atoms with van der Waals surface area (Å²) in [6.45, 7) is -0.00551. The topological polar surface area (TPSA) is 127 Å². The van der Waals surface area contributed by atoms with Crippen LogP contribution in [0.15, 0.2) is 46.0 Å². The van der Waals surface area contributed by atoms with Gasteiger partial charge in [-0.3, -0.25) is 19.9 Å². The molecule has 1 heterocycles. The van der Waals surface area contributed by atoms with Crippen molar-refractivity contribution in [2.75, 3.05) is 7.11 Å². The first-order chi connectivity index (χ1) is 14.8. The second-order valence-electron chi connectivity index (χ2n) is 6.18. The first-order valence-electron chi connectivity index (χ1n) is 8.73. The Morgan fingerprint density at radius 3 is 2.61 bits per heavy atom. The zero-order valence-corrected chi connectivity index (χ0v) is 18.1. The Bertz CT molecular complexity index is 1280. The summed E-state index contributed by atoms with van der Waals surface area (Å²) in [6, 6.07) is 9.55. The van der Waals surface area contributed by atoms with Gasteiger partial charge in [-0.1, -0.05) is 24.3 Å². The van der Waals surface area contributed by atoms with E-state index < -0.39 is 21.9 Å². The molecule has 0 spiro atoms. The van der Waals surface area contributed by atoms with Gasteiger partial charge in [0.25, 0.3) is 0 Å². The van der Waals surface area contributed by atoms with Crippen molar-refractivity contribution in [1.29, 1.82) is 0 Å². The molecular formula is C20H15FIN3O6. The lowest BCUT2D eigenvalue weighted by Crippen LogP contribution is -2.25. The summed E-state index contributed by atoms with van der Waals surface area (Å²) in [7, 11) is 1.44. The van der Waals surface area contributed by atoms with E-state index in [0.29, 0.717) is 26.2 Å². The summed E-state index contributed by atoms with van der Waals surface area (Å²) < 4.78 is 25.6. The summed E-state index contributed by atoms with van der Waals surface area (Å²) in [5, 5.41) is 11.1. The monoisotopic (exact) mass is 539 g/mol. The zero-order chi connectivity index (χ0) is 22.5. The highest BCUT2D eigenvalue weighted by molar-refractivity contribution is 14.1. The van der Waals surface area contributed by atoms with E-state index in [-0.39, 0.29) is 18.1 Å². The molecular weight excluding hydrogens is 524 g/mol. The van der Waals surface area contributed by atoms with Crippen molar-refractivity contribution in [3.05, 3.63) is 93.6 Å². The van der Waals surface area contributed by atoms with Gasteiger partial charge < -0.3 is 14.5 Å². The van der Waals surface area contributed by atoms with Crippen molar-refractivity contribution in [3.8, 4) is 11.5 Å². The van der Waals surface area contributed by atoms with Crippen molar-refractivity contribution in [3.63, 3.8) is 0 Å². The van der Waals surface area contributed by atoms with Gasteiger partial charge in [0.05, 0.1) is 15.6 Å². The van der Waals surface area contributed by atoms with E-state index in [0.717, 1.165) is 0 Å². The lowest BCUT2D eigenvalue weighted by molar-refractivity contribution is -0.386. The molecule has 0 aliphatic rings. The van der Waals surface area contributed by atoms with E-state index in [1.165, 1.54) is 25.3 Å². The highest BCUT2D eigenvalue weighted by atomic mass is 127. The van der Waals surface area contributed by atoms with E-state index in [2.05, 4.69) is 4.98 Å². The molecule has 2 N–H and O–H groups in total. The molecule has 0 aliphatic heterocycles. The first kappa shape index (κ1) is 22.2. The minimum atomic E-state index is -1.10. The van der Waals surface area contributed by atoms with E-state index in [1.54, 1.807) is 30.3 Å². The van der Waals surface area contributed by atoms with Gasteiger partial charge in [0.1, 0.15) is 18.1 Å². The third kappa shape index (κ3) is 5.17. The fourth-order valence-electron chi connectivity index (χ4n) is 2.72. The van der Waals surface area contributed by atoms with Gasteiger partial charge in [-0.05, 0) is 52.4 Å². The number of halogens is 2. The average Bonchev–Trinajstić information content (AvgIpc) is 2.71. The Kier molecular flexibility index (Phi) is 6.84. The Labute approximate surface area is 187 Å². The highest BCUT2D eigenvalue weighted by Crippen LogP contribution is 2.35. The predicted molar refractivity (Wildman–Crippen MR) is 120 cm³/mol. The van der Waals surface area contributed by atoms with Crippen LogP contribution in [0.25, 0.3) is 12.2 Å². The van der Waals surface area contributed by atoms with Crippen molar-refractivity contribution >= 4 is 40.4 Å². The molecule has 0 saturated heterocycles. The van der Waals surface area contributed by atoms with Crippen molar-refractivity contribution in [2.24, 2.45) is 0 Å². The van der Waals surface area contributed by atoms with Crippen LogP contribution in [0.3, 0.4) is 0 Å². The second-order valence-corrected chi connectivity index (χ2v) is 7.34. The maximum absolute atomic E-state index is 13.8. The quantitative estimate of drug-likeness (QED) is 0.269. The number of benzene rings is 2. The van der Waals surface area contributed by atoms with Crippen molar-refractivity contribution in [1.82, 2.24) is 9.97 Å². The van der Waals surface area contributed by atoms with Crippen LogP contribution in [0, 0.1) is 19.5 Å². The second kappa shape index (κ2) is 9.55.